The fraction of sp³-hybridized carbons (Fsp3) is 0.250. The molecule has 1 aromatic rings. The zero-order valence-corrected chi connectivity index (χ0v) is 10.8. The highest BCUT2D eigenvalue weighted by atomic mass is 32.2. The van der Waals surface area contributed by atoms with Crippen molar-refractivity contribution in [3.8, 4) is 5.75 Å². The van der Waals surface area contributed by atoms with Crippen molar-refractivity contribution in [2.75, 3.05) is 7.11 Å². The van der Waals surface area contributed by atoms with Crippen LogP contribution in [0.15, 0.2) is 21.9 Å². The quantitative estimate of drug-likeness (QED) is 0.609. The van der Waals surface area contributed by atoms with Crippen LogP contribution in [-0.2, 0) is 26.7 Å². The van der Waals surface area contributed by atoms with Crippen molar-refractivity contribution in [2.45, 2.75) is 16.4 Å². The van der Waals surface area contributed by atoms with Gasteiger partial charge in [0.25, 0.3) is 10.1 Å². The van der Waals surface area contributed by atoms with E-state index in [9.17, 15) is 16.8 Å². The molecule has 1 aromatic carbocycles. The maximum absolute atomic E-state index is 11.3. The molecule has 102 valence electrons. The molecule has 0 aliphatic heterocycles. The zero-order valence-electron chi connectivity index (χ0n) is 9.19. The number of ether oxygens (including phenoxy) is 1. The van der Waals surface area contributed by atoms with Gasteiger partial charge in [0.1, 0.15) is 15.5 Å². The second-order valence-electron chi connectivity index (χ2n) is 3.29. The third-order valence-corrected chi connectivity index (χ3v) is 3.97. The van der Waals surface area contributed by atoms with Gasteiger partial charge in [-0.25, -0.2) is 13.6 Å². The maximum atomic E-state index is 11.3. The second kappa shape index (κ2) is 4.82. The molecular weight excluding hydrogens is 286 g/mol. The van der Waals surface area contributed by atoms with Crippen LogP contribution in [0.4, 0.5) is 0 Å². The topological polar surface area (TPSA) is 144 Å². The molecule has 10 heteroatoms. The van der Waals surface area contributed by atoms with E-state index >= 15 is 0 Å². The highest BCUT2D eigenvalue weighted by Crippen LogP contribution is 2.29. The molecule has 0 amide bonds. The van der Waals surface area contributed by atoms with E-state index in [4.69, 9.17) is 19.5 Å². The molecule has 0 bridgehead atoms. The van der Waals surface area contributed by atoms with Crippen molar-refractivity contribution in [3.05, 3.63) is 17.7 Å². The van der Waals surface area contributed by atoms with E-state index in [2.05, 4.69) is 0 Å². The molecule has 0 aromatic heterocycles. The van der Waals surface area contributed by atoms with Crippen LogP contribution in [0, 0.1) is 0 Å². The Hall–Kier alpha value is -1.20. The number of primary sulfonamides is 1. The normalized spacial score (nSPS) is 12.4. The monoisotopic (exact) mass is 297 g/mol. The first kappa shape index (κ1) is 14.9. The number of aliphatic hydroxyl groups excluding tert-OH is 1. The summed E-state index contributed by atoms with van der Waals surface area (Å²) >= 11 is 0. The molecule has 0 aliphatic rings. The molecule has 1 rings (SSSR count). The van der Waals surface area contributed by atoms with Crippen molar-refractivity contribution in [1.82, 2.24) is 0 Å². The summed E-state index contributed by atoms with van der Waals surface area (Å²) in [5.41, 5.74) is -0.207. The number of rotatable bonds is 4. The first-order valence-electron chi connectivity index (χ1n) is 4.43. The molecule has 0 spiro atoms. The molecule has 0 aliphatic carbocycles. The van der Waals surface area contributed by atoms with Crippen molar-refractivity contribution < 1.29 is 31.2 Å². The summed E-state index contributed by atoms with van der Waals surface area (Å²) in [7, 11) is -7.77. The lowest BCUT2D eigenvalue weighted by Gasteiger charge is -2.11. The third kappa shape index (κ3) is 2.97. The van der Waals surface area contributed by atoms with Crippen LogP contribution in [0.3, 0.4) is 0 Å². The predicted octanol–water partition coefficient (Wildman–Crippen LogP) is -0.918. The first-order chi connectivity index (χ1) is 8.11. The minimum Gasteiger partial charge on any atom is -0.495 e. The number of nitrogens with two attached hydrogens (primary N) is 1. The van der Waals surface area contributed by atoms with E-state index in [0.29, 0.717) is 6.07 Å². The maximum Gasteiger partial charge on any atom is 0.294 e. The minimum atomic E-state index is -4.69. The van der Waals surface area contributed by atoms with Gasteiger partial charge in [-0.05, 0) is 12.1 Å². The summed E-state index contributed by atoms with van der Waals surface area (Å²) in [6.45, 7) is -0.726. The summed E-state index contributed by atoms with van der Waals surface area (Å²) in [5, 5.41) is 13.9. The van der Waals surface area contributed by atoms with E-state index in [1.165, 1.54) is 0 Å². The van der Waals surface area contributed by atoms with E-state index in [0.717, 1.165) is 13.2 Å². The number of hydrogen-bond donors (Lipinski definition) is 3. The molecule has 0 radical (unpaired) electrons. The van der Waals surface area contributed by atoms with Crippen LogP contribution in [-0.4, -0.2) is 33.6 Å². The fourth-order valence-corrected chi connectivity index (χ4v) is 2.83. The van der Waals surface area contributed by atoms with Gasteiger partial charge in [-0.3, -0.25) is 4.55 Å². The molecule has 8 nitrogen and oxygen atoms in total. The van der Waals surface area contributed by atoms with Gasteiger partial charge in [-0.15, -0.1) is 0 Å². The summed E-state index contributed by atoms with van der Waals surface area (Å²) in [6.07, 6.45) is 0. The average Bonchev–Trinajstić information content (AvgIpc) is 2.24. The van der Waals surface area contributed by atoms with Crippen LogP contribution >= 0.6 is 0 Å². The molecule has 0 atom stereocenters. The molecule has 0 saturated carbocycles. The highest BCUT2D eigenvalue weighted by Gasteiger charge is 2.23. The summed E-state index contributed by atoms with van der Waals surface area (Å²) in [4.78, 5) is -1.34. The number of sulfonamides is 1. The highest BCUT2D eigenvalue weighted by molar-refractivity contribution is 7.89. The Bertz CT molecular complexity index is 608. The number of hydrogen-bond acceptors (Lipinski definition) is 6. The van der Waals surface area contributed by atoms with Crippen LogP contribution in [0.5, 0.6) is 5.75 Å². The molecule has 0 fully saturated rings. The Morgan fingerprint density at radius 2 is 1.78 bits per heavy atom. The molecule has 0 unspecified atom stereocenters. The van der Waals surface area contributed by atoms with Gasteiger partial charge in [-0.2, -0.15) is 8.42 Å². The van der Waals surface area contributed by atoms with E-state index < -0.39 is 36.5 Å². The number of methoxy groups -OCH3 is 1. The average molecular weight is 297 g/mol. The van der Waals surface area contributed by atoms with Crippen LogP contribution in [0.25, 0.3) is 0 Å². The van der Waals surface area contributed by atoms with Gasteiger partial charge in [-0.1, -0.05) is 0 Å². The summed E-state index contributed by atoms with van der Waals surface area (Å²) < 4.78 is 58.3. The van der Waals surface area contributed by atoms with Gasteiger partial charge in [0.2, 0.25) is 10.0 Å². The van der Waals surface area contributed by atoms with Crippen molar-refractivity contribution in [1.29, 1.82) is 0 Å². The third-order valence-electron chi connectivity index (χ3n) is 2.10. The van der Waals surface area contributed by atoms with Crippen LogP contribution in [0.1, 0.15) is 5.56 Å². The molecule has 4 N–H and O–H groups in total. The number of aliphatic hydroxyl groups is 1. The Labute approximate surface area is 104 Å². The fourth-order valence-electron chi connectivity index (χ4n) is 1.33. The van der Waals surface area contributed by atoms with Gasteiger partial charge < -0.3 is 9.84 Å². The Morgan fingerprint density at radius 1 is 1.22 bits per heavy atom. The Morgan fingerprint density at radius 3 is 2.11 bits per heavy atom. The van der Waals surface area contributed by atoms with E-state index in [-0.39, 0.29) is 11.3 Å². The van der Waals surface area contributed by atoms with Crippen molar-refractivity contribution in [2.24, 2.45) is 5.14 Å². The zero-order chi connectivity index (χ0) is 14.1. The number of benzene rings is 1. The predicted molar refractivity (Wildman–Crippen MR) is 60.1 cm³/mol. The minimum absolute atomic E-state index is 0.207. The molecule has 0 saturated heterocycles. The van der Waals surface area contributed by atoms with Crippen molar-refractivity contribution in [3.63, 3.8) is 0 Å². The van der Waals surface area contributed by atoms with Crippen LogP contribution < -0.4 is 9.88 Å². The summed E-state index contributed by atoms with van der Waals surface area (Å²) in [5.74, 6) is -0.228. The Balaban J connectivity index is 3.76. The standard InChI is InChI=1S/C8H11NO7S2/c1-16-6-2-5(4-10)7(18(13,14)15)3-8(6)17(9,11)12/h2-3,10H,4H2,1H3,(H2,9,11,12)(H,13,14,15). The smallest absolute Gasteiger partial charge is 0.294 e. The van der Waals surface area contributed by atoms with Crippen molar-refractivity contribution >= 4 is 20.1 Å². The molecular formula is C8H11NO7S2. The van der Waals surface area contributed by atoms with E-state index in [1.807, 2.05) is 0 Å². The molecule has 0 heterocycles. The van der Waals surface area contributed by atoms with Gasteiger partial charge in [0, 0.05) is 5.56 Å². The van der Waals surface area contributed by atoms with E-state index in [1.54, 1.807) is 0 Å². The Kier molecular flexibility index (Phi) is 3.98. The van der Waals surface area contributed by atoms with Crippen LogP contribution in [0.2, 0.25) is 0 Å². The lowest BCUT2D eigenvalue weighted by molar-refractivity contribution is 0.276. The largest absolute Gasteiger partial charge is 0.495 e. The lowest BCUT2D eigenvalue weighted by Crippen LogP contribution is -2.15. The SMILES string of the molecule is COc1cc(CO)c(S(=O)(=O)O)cc1S(N)(=O)=O. The first-order valence-corrected chi connectivity index (χ1v) is 7.42. The second-order valence-corrected chi connectivity index (χ2v) is 6.21. The summed E-state index contributed by atoms with van der Waals surface area (Å²) in [6, 6.07) is 1.61. The molecule has 18 heavy (non-hydrogen) atoms. The van der Waals surface area contributed by atoms with Gasteiger partial charge in [0.05, 0.1) is 13.7 Å². The van der Waals surface area contributed by atoms with Gasteiger partial charge in [0.15, 0.2) is 0 Å². The van der Waals surface area contributed by atoms with Gasteiger partial charge >= 0.3 is 0 Å². The lowest BCUT2D eigenvalue weighted by atomic mass is 10.2.